The zero-order valence-corrected chi connectivity index (χ0v) is 8.77. The summed E-state index contributed by atoms with van der Waals surface area (Å²) in [5.74, 6) is 2.38. The van der Waals surface area contributed by atoms with Gasteiger partial charge in [0, 0.05) is 0 Å². The molecule has 0 radical (unpaired) electrons. The molecule has 3 nitrogen and oxygen atoms in total. The summed E-state index contributed by atoms with van der Waals surface area (Å²) in [6, 6.07) is -0.408. The zero-order chi connectivity index (χ0) is 9.68. The lowest BCUT2D eigenvalue weighted by Gasteiger charge is -2.22. The van der Waals surface area contributed by atoms with Crippen molar-refractivity contribution >= 4 is 17.7 Å². The Kier molecular flexibility index (Phi) is 4.59. The van der Waals surface area contributed by atoms with Crippen molar-refractivity contribution in [3.63, 3.8) is 0 Å². The van der Waals surface area contributed by atoms with Gasteiger partial charge in [-0.3, -0.25) is 4.79 Å². The molecule has 1 rings (SSSR count). The molecule has 1 aliphatic rings. The molecule has 1 aliphatic heterocycles. The van der Waals surface area contributed by atoms with E-state index in [0.717, 1.165) is 6.54 Å². The lowest BCUT2D eigenvalue weighted by atomic mass is 10.0. The predicted octanol–water partition coefficient (Wildman–Crippen LogP) is 1.19. The lowest BCUT2D eigenvalue weighted by molar-refractivity contribution is -0.139. The third-order valence-corrected chi connectivity index (χ3v) is 3.47. The van der Waals surface area contributed by atoms with Crippen LogP contribution in [0.4, 0.5) is 0 Å². The largest absolute Gasteiger partial charge is 0.480 e. The van der Waals surface area contributed by atoms with Gasteiger partial charge in [0.15, 0.2) is 0 Å². The van der Waals surface area contributed by atoms with Crippen LogP contribution in [0.2, 0.25) is 0 Å². The predicted molar refractivity (Wildman–Crippen MR) is 55.1 cm³/mol. The van der Waals surface area contributed by atoms with Crippen molar-refractivity contribution in [1.29, 1.82) is 0 Å². The minimum absolute atomic E-state index is 0.408. The van der Waals surface area contributed by atoms with Crippen molar-refractivity contribution in [3.8, 4) is 0 Å². The van der Waals surface area contributed by atoms with Crippen LogP contribution in [0.1, 0.15) is 19.8 Å². The first-order chi connectivity index (χ1) is 6.20. The Balaban J connectivity index is 2.13. The Morgan fingerprint density at radius 1 is 1.62 bits per heavy atom. The number of rotatable bonds is 4. The first kappa shape index (κ1) is 10.9. The molecule has 76 valence electrons. The number of carboxylic acid groups (broad SMARTS) is 1. The maximum atomic E-state index is 10.5. The van der Waals surface area contributed by atoms with Crippen LogP contribution in [0.5, 0.6) is 0 Å². The Morgan fingerprint density at radius 2 is 2.23 bits per heavy atom. The van der Waals surface area contributed by atoms with Gasteiger partial charge in [-0.15, -0.1) is 0 Å². The van der Waals surface area contributed by atoms with Crippen molar-refractivity contribution in [2.45, 2.75) is 25.8 Å². The van der Waals surface area contributed by atoms with E-state index in [9.17, 15) is 4.79 Å². The number of carbonyl (C=O) groups is 1. The second kappa shape index (κ2) is 5.50. The van der Waals surface area contributed by atoms with Gasteiger partial charge in [-0.1, -0.05) is 0 Å². The van der Waals surface area contributed by atoms with Crippen molar-refractivity contribution in [2.24, 2.45) is 5.92 Å². The van der Waals surface area contributed by atoms with Gasteiger partial charge in [0.25, 0.3) is 0 Å². The second-order valence-corrected chi connectivity index (χ2v) is 4.75. The summed E-state index contributed by atoms with van der Waals surface area (Å²) in [6.07, 6.45) is 2.45. The first-order valence-electron chi connectivity index (χ1n) is 4.74. The summed E-state index contributed by atoms with van der Waals surface area (Å²) in [6.45, 7) is 2.55. The number of nitrogens with one attached hydrogen (secondary N) is 1. The minimum atomic E-state index is -0.759. The molecule has 13 heavy (non-hydrogen) atoms. The molecule has 2 N–H and O–H groups in total. The standard InChI is InChI=1S/C9H17NO2S/c1-7(9(11)12)10-6-8-2-4-13-5-3-8/h7-8,10H,2-6H2,1H3,(H,11,12). The average molecular weight is 203 g/mol. The highest BCUT2D eigenvalue weighted by Gasteiger charge is 2.16. The fourth-order valence-electron chi connectivity index (χ4n) is 1.38. The molecule has 0 aliphatic carbocycles. The average Bonchev–Trinajstić information content (AvgIpc) is 2.15. The highest BCUT2D eigenvalue weighted by Crippen LogP contribution is 2.21. The van der Waals surface area contributed by atoms with Gasteiger partial charge in [0.05, 0.1) is 0 Å². The van der Waals surface area contributed by atoms with E-state index >= 15 is 0 Å². The maximum absolute atomic E-state index is 10.5. The summed E-state index contributed by atoms with van der Waals surface area (Å²) in [5.41, 5.74) is 0. The monoisotopic (exact) mass is 203 g/mol. The van der Waals surface area contributed by atoms with Crippen molar-refractivity contribution in [1.82, 2.24) is 5.32 Å². The van der Waals surface area contributed by atoms with Gasteiger partial charge in [-0.2, -0.15) is 11.8 Å². The molecule has 0 aromatic carbocycles. The van der Waals surface area contributed by atoms with E-state index < -0.39 is 12.0 Å². The molecule has 4 heteroatoms. The van der Waals surface area contributed by atoms with Gasteiger partial charge in [0.2, 0.25) is 0 Å². The van der Waals surface area contributed by atoms with Crippen LogP contribution in [0.25, 0.3) is 0 Å². The molecule has 0 saturated carbocycles. The third kappa shape index (κ3) is 4.00. The molecular weight excluding hydrogens is 186 g/mol. The van der Waals surface area contributed by atoms with Crippen LogP contribution in [0, 0.1) is 5.92 Å². The Labute approximate surface area is 83.3 Å². The fourth-order valence-corrected chi connectivity index (χ4v) is 2.59. The Hall–Kier alpha value is -0.220. The van der Waals surface area contributed by atoms with Gasteiger partial charge < -0.3 is 10.4 Å². The van der Waals surface area contributed by atoms with Gasteiger partial charge in [-0.05, 0) is 43.7 Å². The van der Waals surface area contributed by atoms with E-state index in [1.54, 1.807) is 6.92 Å². The van der Waals surface area contributed by atoms with Crippen LogP contribution in [0.15, 0.2) is 0 Å². The van der Waals surface area contributed by atoms with Crippen LogP contribution < -0.4 is 5.32 Å². The normalized spacial score (nSPS) is 21.3. The molecule has 1 fully saturated rings. The summed E-state index contributed by atoms with van der Waals surface area (Å²) >= 11 is 2.00. The minimum Gasteiger partial charge on any atom is -0.480 e. The number of thioether (sulfide) groups is 1. The molecule has 0 spiro atoms. The molecular formula is C9H17NO2S. The Morgan fingerprint density at radius 3 is 2.77 bits per heavy atom. The van der Waals surface area contributed by atoms with E-state index in [2.05, 4.69) is 5.32 Å². The van der Waals surface area contributed by atoms with Crippen LogP contribution in [-0.4, -0.2) is 35.2 Å². The molecule has 0 aromatic rings. The number of carboxylic acids is 1. The van der Waals surface area contributed by atoms with Crippen LogP contribution in [0.3, 0.4) is 0 Å². The molecule has 0 amide bonds. The van der Waals surface area contributed by atoms with E-state index in [4.69, 9.17) is 5.11 Å². The third-order valence-electron chi connectivity index (χ3n) is 2.42. The van der Waals surface area contributed by atoms with E-state index in [1.165, 1.54) is 24.3 Å². The lowest BCUT2D eigenvalue weighted by Crippen LogP contribution is -2.37. The van der Waals surface area contributed by atoms with E-state index in [0.29, 0.717) is 5.92 Å². The highest BCUT2D eigenvalue weighted by molar-refractivity contribution is 7.99. The first-order valence-corrected chi connectivity index (χ1v) is 5.89. The smallest absolute Gasteiger partial charge is 0.320 e. The van der Waals surface area contributed by atoms with Crippen molar-refractivity contribution in [2.75, 3.05) is 18.1 Å². The molecule has 1 atom stereocenters. The van der Waals surface area contributed by atoms with Gasteiger partial charge >= 0.3 is 5.97 Å². The second-order valence-electron chi connectivity index (χ2n) is 3.52. The fraction of sp³-hybridized carbons (Fsp3) is 0.889. The van der Waals surface area contributed by atoms with E-state index in [-0.39, 0.29) is 0 Å². The Bertz CT molecular complexity index is 169. The molecule has 1 unspecified atom stereocenters. The number of hydrogen-bond donors (Lipinski definition) is 2. The summed E-state index contributed by atoms with van der Waals surface area (Å²) in [5, 5.41) is 11.7. The van der Waals surface area contributed by atoms with Crippen LogP contribution >= 0.6 is 11.8 Å². The molecule has 0 aromatic heterocycles. The quantitative estimate of drug-likeness (QED) is 0.720. The van der Waals surface area contributed by atoms with Crippen molar-refractivity contribution < 1.29 is 9.90 Å². The maximum Gasteiger partial charge on any atom is 0.320 e. The molecule has 0 bridgehead atoms. The number of aliphatic carboxylic acids is 1. The summed E-state index contributed by atoms with van der Waals surface area (Å²) in [7, 11) is 0. The van der Waals surface area contributed by atoms with Crippen LogP contribution in [-0.2, 0) is 4.79 Å². The SMILES string of the molecule is CC(NCC1CCSCC1)C(=O)O. The topological polar surface area (TPSA) is 49.3 Å². The van der Waals surface area contributed by atoms with E-state index in [1.807, 2.05) is 11.8 Å². The summed E-state index contributed by atoms with van der Waals surface area (Å²) in [4.78, 5) is 10.5. The molecule has 1 saturated heterocycles. The zero-order valence-electron chi connectivity index (χ0n) is 7.95. The van der Waals surface area contributed by atoms with Gasteiger partial charge in [0.1, 0.15) is 6.04 Å². The number of hydrogen-bond acceptors (Lipinski definition) is 3. The molecule has 1 heterocycles. The highest BCUT2D eigenvalue weighted by atomic mass is 32.2. The van der Waals surface area contributed by atoms with Gasteiger partial charge in [-0.25, -0.2) is 0 Å². The van der Waals surface area contributed by atoms with Crippen molar-refractivity contribution in [3.05, 3.63) is 0 Å². The summed E-state index contributed by atoms with van der Waals surface area (Å²) < 4.78 is 0.